The van der Waals surface area contributed by atoms with Crippen molar-refractivity contribution in [3.05, 3.63) is 40.2 Å². The Morgan fingerprint density at radius 2 is 2.16 bits per heavy atom. The topological polar surface area (TPSA) is 45.9 Å². The van der Waals surface area contributed by atoms with Crippen molar-refractivity contribution in [3.63, 3.8) is 0 Å². The number of nitrogens with zero attached hydrogens (tertiary/aromatic N) is 2. The van der Waals surface area contributed by atoms with Crippen LogP contribution in [-0.2, 0) is 4.74 Å². The van der Waals surface area contributed by atoms with Gasteiger partial charge in [0, 0.05) is 18.1 Å². The van der Waals surface area contributed by atoms with E-state index < -0.39 is 0 Å². The second kappa shape index (κ2) is 5.96. The van der Waals surface area contributed by atoms with Gasteiger partial charge in [-0.25, -0.2) is 4.98 Å². The van der Waals surface area contributed by atoms with Crippen LogP contribution in [-0.4, -0.2) is 12.1 Å². The lowest BCUT2D eigenvalue weighted by molar-refractivity contribution is 0.0645. The van der Waals surface area contributed by atoms with Crippen molar-refractivity contribution in [2.75, 3.05) is 7.11 Å². The Morgan fingerprint density at radius 3 is 2.79 bits per heavy atom. The molecule has 0 aliphatic carbocycles. The molecule has 0 aliphatic rings. The zero-order chi connectivity index (χ0) is 13.8. The van der Waals surface area contributed by atoms with Crippen LogP contribution in [0.15, 0.2) is 29.6 Å². The maximum absolute atomic E-state index is 8.93. The Bertz CT molecular complexity index is 598. The van der Waals surface area contributed by atoms with Crippen LogP contribution in [0.3, 0.4) is 0 Å². The highest BCUT2D eigenvalue weighted by Crippen LogP contribution is 2.31. The highest BCUT2D eigenvalue weighted by atomic mass is 32.1. The first kappa shape index (κ1) is 13.7. The third kappa shape index (κ3) is 3.01. The molecular weight excluding hydrogens is 256 g/mol. The fourth-order valence-electron chi connectivity index (χ4n) is 1.96. The summed E-state index contributed by atoms with van der Waals surface area (Å²) in [7, 11) is 1.71. The normalized spacial score (nSPS) is 12.4. The Labute approximate surface area is 117 Å². The molecule has 0 spiro atoms. The molecule has 1 aromatic heterocycles. The summed E-state index contributed by atoms with van der Waals surface area (Å²) in [5, 5.41) is 11.9. The van der Waals surface area contributed by atoms with Gasteiger partial charge in [0.2, 0.25) is 0 Å². The summed E-state index contributed by atoms with van der Waals surface area (Å²) in [6.45, 7) is 4.23. The second-order valence-electron chi connectivity index (χ2n) is 4.66. The van der Waals surface area contributed by atoms with Gasteiger partial charge in [0.25, 0.3) is 0 Å². The van der Waals surface area contributed by atoms with Crippen LogP contribution in [0.5, 0.6) is 0 Å². The average Bonchev–Trinajstić information content (AvgIpc) is 2.89. The van der Waals surface area contributed by atoms with Crippen LogP contribution in [0.1, 0.15) is 30.5 Å². The maximum Gasteiger partial charge on any atom is 0.122 e. The van der Waals surface area contributed by atoms with Gasteiger partial charge in [0.1, 0.15) is 11.1 Å². The molecule has 0 N–H and O–H groups in total. The van der Waals surface area contributed by atoms with E-state index in [-0.39, 0.29) is 6.10 Å². The fourth-order valence-corrected chi connectivity index (χ4v) is 3.03. The minimum Gasteiger partial charge on any atom is -0.374 e. The van der Waals surface area contributed by atoms with Gasteiger partial charge in [0.15, 0.2) is 0 Å². The number of nitriles is 1. The molecule has 0 amide bonds. The number of aromatic nitrogens is 1. The predicted molar refractivity (Wildman–Crippen MR) is 76.9 cm³/mol. The summed E-state index contributed by atoms with van der Waals surface area (Å²) in [6.07, 6.45) is 0.0258. The average molecular weight is 272 g/mol. The molecule has 0 saturated carbocycles. The maximum atomic E-state index is 8.93. The smallest absolute Gasteiger partial charge is 0.122 e. The third-order valence-electron chi connectivity index (χ3n) is 2.91. The molecular formula is C15H16N2OS. The monoisotopic (exact) mass is 272 g/mol. The number of hydrogen-bond donors (Lipinski definition) is 0. The number of ether oxygens (including phenoxy) is 1. The van der Waals surface area contributed by atoms with Crippen molar-refractivity contribution in [1.29, 1.82) is 5.26 Å². The second-order valence-corrected chi connectivity index (χ2v) is 5.55. The van der Waals surface area contributed by atoms with Gasteiger partial charge in [-0.2, -0.15) is 5.26 Å². The molecule has 2 aromatic rings. The number of rotatable bonds is 4. The molecule has 0 fully saturated rings. The van der Waals surface area contributed by atoms with E-state index in [1.54, 1.807) is 24.5 Å². The quantitative estimate of drug-likeness (QED) is 0.844. The Kier molecular flexibility index (Phi) is 4.31. The molecule has 0 radical (unpaired) electrons. The number of thiazole rings is 1. The van der Waals surface area contributed by atoms with Gasteiger partial charge in [0.05, 0.1) is 17.3 Å². The third-order valence-corrected chi connectivity index (χ3v) is 3.82. The molecule has 1 aromatic carbocycles. The van der Waals surface area contributed by atoms with Crippen LogP contribution in [0.25, 0.3) is 11.3 Å². The molecule has 2 rings (SSSR count). The van der Waals surface area contributed by atoms with Crippen molar-refractivity contribution >= 4 is 11.3 Å². The Hall–Kier alpha value is -1.70. The minimum atomic E-state index is 0.0258. The van der Waals surface area contributed by atoms with E-state index in [0.717, 1.165) is 16.3 Å². The van der Waals surface area contributed by atoms with E-state index >= 15 is 0 Å². The summed E-state index contributed by atoms with van der Waals surface area (Å²) in [5.74, 6) is 0.384. The molecule has 3 nitrogen and oxygen atoms in total. The Morgan fingerprint density at radius 1 is 1.37 bits per heavy atom. The largest absolute Gasteiger partial charge is 0.374 e. The van der Waals surface area contributed by atoms with Gasteiger partial charge in [-0.05, 0) is 18.1 Å². The molecule has 1 atom stereocenters. The van der Waals surface area contributed by atoms with Crippen molar-refractivity contribution in [2.24, 2.45) is 5.92 Å². The van der Waals surface area contributed by atoms with Gasteiger partial charge >= 0.3 is 0 Å². The highest BCUT2D eigenvalue weighted by molar-refractivity contribution is 7.10. The Balaban J connectivity index is 2.32. The zero-order valence-electron chi connectivity index (χ0n) is 11.3. The lowest BCUT2D eigenvalue weighted by Gasteiger charge is -2.15. The van der Waals surface area contributed by atoms with E-state index in [1.165, 1.54) is 0 Å². The van der Waals surface area contributed by atoms with E-state index in [1.807, 2.05) is 23.6 Å². The minimum absolute atomic E-state index is 0.0258. The van der Waals surface area contributed by atoms with E-state index in [4.69, 9.17) is 10.00 Å². The first-order chi connectivity index (χ1) is 9.15. The van der Waals surface area contributed by atoms with Gasteiger partial charge in [-0.1, -0.05) is 26.0 Å². The van der Waals surface area contributed by atoms with E-state index in [2.05, 4.69) is 24.9 Å². The first-order valence-electron chi connectivity index (χ1n) is 6.14. The fraction of sp³-hybridized carbons (Fsp3) is 0.333. The van der Waals surface area contributed by atoms with E-state index in [0.29, 0.717) is 11.5 Å². The summed E-state index contributed by atoms with van der Waals surface area (Å²) in [4.78, 5) is 4.63. The molecule has 19 heavy (non-hydrogen) atoms. The highest BCUT2D eigenvalue weighted by Gasteiger charge is 2.19. The molecule has 1 unspecified atom stereocenters. The van der Waals surface area contributed by atoms with Gasteiger partial charge in [-0.15, -0.1) is 11.3 Å². The SMILES string of the molecule is COC(c1nc(-c2cccc(C#N)c2)cs1)C(C)C. The summed E-state index contributed by atoms with van der Waals surface area (Å²) in [6, 6.07) is 9.65. The molecule has 0 bridgehead atoms. The van der Waals surface area contributed by atoms with Crippen molar-refractivity contribution < 1.29 is 4.74 Å². The lowest BCUT2D eigenvalue weighted by atomic mass is 10.1. The molecule has 98 valence electrons. The van der Waals surface area contributed by atoms with E-state index in [9.17, 15) is 0 Å². The molecule has 4 heteroatoms. The van der Waals surface area contributed by atoms with Crippen LogP contribution in [0.2, 0.25) is 0 Å². The first-order valence-corrected chi connectivity index (χ1v) is 7.02. The van der Waals surface area contributed by atoms with Crippen LogP contribution in [0.4, 0.5) is 0 Å². The summed E-state index contributed by atoms with van der Waals surface area (Å²) < 4.78 is 5.49. The molecule has 1 heterocycles. The lowest BCUT2D eigenvalue weighted by Crippen LogP contribution is -2.08. The van der Waals surface area contributed by atoms with Crippen molar-refractivity contribution in [1.82, 2.24) is 4.98 Å². The predicted octanol–water partition coefficient (Wildman–Crippen LogP) is 4.03. The molecule has 0 saturated heterocycles. The van der Waals surface area contributed by atoms with Crippen LogP contribution >= 0.6 is 11.3 Å². The summed E-state index contributed by atoms with van der Waals surface area (Å²) in [5.41, 5.74) is 2.53. The standard InChI is InChI=1S/C15H16N2OS/c1-10(2)14(18-3)15-17-13(9-19-15)12-6-4-5-11(7-12)8-16/h4-7,9-10,14H,1-3H3. The van der Waals surface area contributed by atoms with Crippen molar-refractivity contribution in [3.8, 4) is 17.3 Å². The number of benzene rings is 1. The molecule has 0 aliphatic heterocycles. The van der Waals surface area contributed by atoms with Crippen molar-refractivity contribution in [2.45, 2.75) is 20.0 Å². The number of methoxy groups -OCH3 is 1. The zero-order valence-corrected chi connectivity index (χ0v) is 12.1. The van der Waals surface area contributed by atoms with Gasteiger partial charge in [-0.3, -0.25) is 0 Å². The summed E-state index contributed by atoms with van der Waals surface area (Å²) >= 11 is 1.60. The van der Waals surface area contributed by atoms with Gasteiger partial charge < -0.3 is 4.74 Å². The number of hydrogen-bond acceptors (Lipinski definition) is 4. The van der Waals surface area contributed by atoms with Crippen LogP contribution < -0.4 is 0 Å². The van der Waals surface area contributed by atoms with Crippen LogP contribution in [0, 0.1) is 17.2 Å².